The summed E-state index contributed by atoms with van der Waals surface area (Å²) in [5.41, 5.74) is 9.37. The van der Waals surface area contributed by atoms with Gasteiger partial charge in [-0.2, -0.15) is 0 Å². The van der Waals surface area contributed by atoms with Crippen LogP contribution in [0.4, 0.5) is 47.8 Å². The molecule has 0 spiro atoms. The summed E-state index contributed by atoms with van der Waals surface area (Å²) >= 11 is 1.64. The molecule has 5 aromatic heterocycles. The van der Waals surface area contributed by atoms with Gasteiger partial charge in [-0.25, -0.2) is 33.1 Å². The van der Waals surface area contributed by atoms with Gasteiger partial charge in [-0.15, -0.1) is 20.4 Å². The van der Waals surface area contributed by atoms with Crippen molar-refractivity contribution in [3.8, 4) is 29.0 Å². The van der Waals surface area contributed by atoms with Crippen molar-refractivity contribution >= 4 is 51.6 Å². The number of nitrogens with zero attached hydrogens (tertiary/aromatic N) is 16. The molecule has 478 valence electrons. The van der Waals surface area contributed by atoms with Gasteiger partial charge in [-0.3, -0.25) is 9.13 Å². The van der Waals surface area contributed by atoms with E-state index in [1.54, 1.807) is 88.1 Å². The molecule has 6 aliphatic heterocycles. The number of likely N-dealkylation sites (tertiary alicyclic amines) is 1. The largest absolute Gasteiger partial charge is 0.481 e. The van der Waals surface area contributed by atoms with E-state index < -0.39 is 0 Å². The number of methoxy groups -OCH3 is 3. The summed E-state index contributed by atoms with van der Waals surface area (Å²) in [5.74, 6) is 4.25. The van der Waals surface area contributed by atoms with Crippen molar-refractivity contribution in [3.63, 3.8) is 0 Å². The monoisotopic (exact) mass is 1260 g/mol. The standard InChI is InChI=1S/2C23H27FN6O2.C20H23FN4OS/c2*1-3-32-15-21-26-27-23(30(21)18-7-9-22(31-2)25-12-18)28-13-19(14-28)29-10-4-5-16-11-17(24)6-8-20(16)29;1-26-19-8-6-16(11-22-19)23-20(27-2)24-12-17(13-24)25-9-3-4-14-10-15(21)5-7-18(14)25/h2*6-9,11-12,19H,3-5,10,13-15H2,1-2H3;5-8,10-11,17H,3-4,9,12-13H2,1-2H3. The molecule has 11 heterocycles. The molecular weight excluding hydrogens is 1190 g/mol. The number of amidine groups is 1. The molecule has 8 aromatic rings. The van der Waals surface area contributed by atoms with E-state index in [4.69, 9.17) is 28.7 Å². The summed E-state index contributed by atoms with van der Waals surface area (Å²) in [6, 6.07) is 27.9. The summed E-state index contributed by atoms with van der Waals surface area (Å²) < 4.78 is 71.6. The number of anilines is 5. The number of aliphatic imine (C=N–C) groups is 1. The summed E-state index contributed by atoms with van der Waals surface area (Å²) in [7, 11) is 4.80. The summed E-state index contributed by atoms with van der Waals surface area (Å²) in [6.45, 7) is 14.0. The van der Waals surface area contributed by atoms with Crippen LogP contribution in [-0.4, -0.2) is 172 Å². The van der Waals surface area contributed by atoms with E-state index in [1.165, 1.54) is 5.69 Å². The second-order valence-electron chi connectivity index (χ2n) is 22.9. The minimum atomic E-state index is -0.163. The van der Waals surface area contributed by atoms with Crippen LogP contribution < -0.4 is 38.7 Å². The molecule has 3 aromatic carbocycles. The molecule has 0 atom stereocenters. The van der Waals surface area contributed by atoms with Crippen LogP contribution in [0.5, 0.6) is 17.6 Å². The van der Waals surface area contributed by atoms with Crippen LogP contribution in [0, 0.1) is 17.5 Å². The lowest BCUT2D eigenvalue weighted by atomic mass is 9.97. The molecule has 0 aliphatic carbocycles. The average Bonchev–Trinajstić information content (AvgIpc) is 1.78. The van der Waals surface area contributed by atoms with Crippen molar-refractivity contribution in [2.24, 2.45) is 4.99 Å². The van der Waals surface area contributed by atoms with Crippen LogP contribution in [0.1, 0.15) is 61.4 Å². The number of benzene rings is 3. The molecule has 3 saturated heterocycles. The lowest BCUT2D eigenvalue weighted by molar-refractivity contribution is 0.127. The Morgan fingerprint density at radius 1 is 0.505 bits per heavy atom. The van der Waals surface area contributed by atoms with Gasteiger partial charge in [-0.1, -0.05) is 11.8 Å². The van der Waals surface area contributed by atoms with Gasteiger partial charge in [0, 0.05) is 107 Å². The number of hydrogen-bond donors (Lipinski definition) is 0. The molecule has 0 saturated carbocycles. The quantitative estimate of drug-likeness (QED) is 0.0621. The first kappa shape index (κ1) is 62.5. The third-order valence-electron chi connectivity index (χ3n) is 17.3. The maximum atomic E-state index is 13.7. The smallest absolute Gasteiger partial charge is 0.232 e. The van der Waals surface area contributed by atoms with Gasteiger partial charge in [0.1, 0.15) is 30.7 Å². The van der Waals surface area contributed by atoms with Gasteiger partial charge >= 0.3 is 0 Å². The number of rotatable bonds is 17. The maximum absolute atomic E-state index is 13.7. The first-order valence-electron chi connectivity index (χ1n) is 31.1. The second kappa shape index (κ2) is 28.6. The summed E-state index contributed by atoms with van der Waals surface area (Å²) in [4.78, 5) is 31.6. The fraction of sp³-hybridized carbons (Fsp3) is 0.424. The van der Waals surface area contributed by atoms with Crippen molar-refractivity contribution in [3.05, 3.63) is 155 Å². The summed E-state index contributed by atoms with van der Waals surface area (Å²) in [6.07, 6.45) is 13.3. The zero-order chi connectivity index (χ0) is 63.0. The molecule has 0 bridgehead atoms. The van der Waals surface area contributed by atoms with Gasteiger partial charge in [0.25, 0.3) is 0 Å². The van der Waals surface area contributed by atoms with E-state index in [0.717, 1.165) is 171 Å². The molecule has 0 N–H and O–H groups in total. The first-order valence-corrected chi connectivity index (χ1v) is 32.3. The van der Waals surface area contributed by atoms with E-state index >= 15 is 0 Å². The van der Waals surface area contributed by atoms with Crippen LogP contribution >= 0.6 is 11.8 Å². The van der Waals surface area contributed by atoms with E-state index in [-0.39, 0.29) is 17.5 Å². The normalized spacial score (nSPS) is 16.5. The minimum Gasteiger partial charge on any atom is -0.481 e. The molecule has 0 amide bonds. The fourth-order valence-corrected chi connectivity index (χ4v) is 13.3. The minimum absolute atomic E-state index is 0.143. The SMILES string of the molecule is CCOCc1nnc(N2CC(N3CCCc4cc(F)ccc43)C2)n1-c1ccc(OC)nc1.CCOCc1nnc(N2CC(N3CCCc4cc(F)ccc43)C2)n1-c1ccc(OC)nc1.COc1ccc(N=C(SC)N2CC(N3CCCc4cc(F)ccc43)C2)cn1. The predicted octanol–water partition coefficient (Wildman–Crippen LogP) is 9.69. The third-order valence-corrected chi connectivity index (χ3v) is 18.1. The molecule has 6 aliphatic rings. The van der Waals surface area contributed by atoms with E-state index in [1.807, 2.05) is 83.8 Å². The zero-order valence-corrected chi connectivity index (χ0v) is 53.1. The molecule has 91 heavy (non-hydrogen) atoms. The van der Waals surface area contributed by atoms with Gasteiger partial charge in [0.2, 0.25) is 29.5 Å². The summed E-state index contributed by atoms with van der Waals surface area (Å²) in [5, 5.41) is 18.7. The highest BCUT2D eigenvalue weighted by Gasteiger charge is 2.40. The van der Waals surface area contributed by atoms with Crippen molar-refractivity contribution < 1.29 is 36.9 Å². The maximum Gasteiger partial charge on any atom is 0.232 e. The molecule has 0 unspecified atom stereocenters. The number of fused-ring (bicyclic) bond motifs is 3. The number of ether oxygens (including phenoxy) is 5. The predicted molar refractivity (Wildman–Crippen MR) is 347 cm³/mol. The Morgan fingerprint density at radius 2 is 0.901 bits per heavy atom. The van der Waals surface area contributed by atoms with Crippen molar-refractivity contribution in [1.82, 2.24) is 49.4 Å². The number of pyridine rings is 3. The van der Waals surface area contributed by atoms with Gasteiger partial charge in [-0.05, 0) is 148 Å². The molecule has 14 rings (SSSR count). The number of aryl methyl sites for hydroxylation is 3. The average molecular weight is 1260 g/mol. The Hall–Kier alpha value is -8.68. The topological polar surface area (TPSA) is 178 Å². The number of halogens is 3. The highest BCUT2D eigenvalue weighted by atomic mass is 32.2. The van der Waals surface area contributed by atoms with Crippen LogP contribution in [0.15, 0.2) is 115 Å². The molecule has 0 radical (unpaired) electrons. The molecule has 21 nitrogen and oxygen atoms in total. The van der Waals surface area contributed by atoms with Gasteiger partial charge in [0.15, 0.2) is 16.8 Å². The van der Waals surface area contributed by atoms with Crippen molar-refractivity contribution in [2.45, 2.75) is 83.7 Å². The fourth-order valence-electron chi connectivity index (χ4n) is 12.7. The Balaban J connectivity index is 0.000000133. The highest BCUT2D eigenvalue weighted by Crippen LogP contribution is 2.38. The molecule has 25 heteroatoms. The van der Waals surface area contributed by atoms with E-state index in [2.05, 4.69) is 64.7 Å². The van der Waals surface area contributed by atoms with Gasteiger partial charge < -0.3 is 53.1 Å². The number of thioether (sulfide) groups is 1. The molecular formula is C66H77F3N16O5S. The van der Waals surface area contributed by atoms with Crippen LogP contribution in [-0.2, 0) is 41.9 Å². The lowest BCUT2D eigenvalue weighted by Gasteiger charge is -2.49. The third kappa shape index (κ3) is 13.8. The van der Waals surface area contributed by atoms with Crippen LogP contribution in [0.25, 0.3) is 11.4 Å². The molecule has 3 fully saturated rings. The Labute approximate surface area is 532 Å². The lowest BCUT2D eigenvalue weighted by Crippen LogP contribution is -2.61. The van der Waals surface area contributed by atoms with E-state index in [0.29, 0.717) is 62.2 Å². The van der Waals surface area contributed by atoms with E-state index in [9.17, 15) is 13.2 Å². The Kier molecular flexibility index (Phi) is 19.7. The van der Waals surface area contributed by atoms with Crippen LogP contribution in [0.2, 0.25) is 0 Å². The first-order chi connectivity index (χ1) is 44.5. The van der Waals surface area contributed by atoms with Crippen molar-refractivity contribution in [2.75, 3.05) is 124 Å². The van der Waals surface area contributed by atoms with Crippen LogP contribution in [0.3, 0.4) is 0 Å². The second-order valence-corrected chi connectivity index (χ2v) is 23.7. The zero-order valence-electron chi connectivity index (χ0n) is 52.3. The Morgan fingerprint density at radius 3 is 1.25 bits per heavy atom. The van der Waals surface area contributed by atoms with Gasteiger partial charge in [0.05, 0.1) is 75.1 Å². The highest BCUT2D eigenvalue weighted by molar-refractivity contribution is 8.13. The number of hydrogen-bond acceptors (Lipinski definition) is 19. The Bertz CT molecular complexity index is 3600. The number of aromatic nitrogens is 9. The van der Waals surface area contributed by atoms with Crippen molar-refractivity contribution in [1.29, 1.82) is 0 Å².